The van der Waals surface area contributed by atoms with Crippen molar-refractivity contribution in [3.05, 3.63) is 29.3 Å². The van der Waals surface area contributed by atoms with Gasteiger partial charge in [-0.1, -0.05) is 26.0 Å². The molecule has 0 aliphatic rings. The maximum atomic E-state index is 9.39. The Hall–Kier alpha value is -1.06. The number of rotatable bonds is 5. The fraction of sp³-hybridized carbons (Fsp3) is 0.571. The van der Waals surface area contributed by atoms with E-state index in [1.807, 2.05) is 25.1 Å². The minimum Gasteiger partial charge on any atom is -0.496 e. The van der Waals surface area contributed by atoms with E-state index in [4.69, 9.17) is 10.5 Å². The highest BCUT2D eigenvalue weighted by atomic mass is 16.5. The van der Waals surface area contributed by atoms with E-state index in [0.29, 0.717) is 5.92 Å². The summed E-state index contributed by atoms with van der Waals surface area (Å²) in [6.45, 7) is 6.27. The normalized spacial score (nSPS) is 14.8. The summed E-state index contributed by atoms with van der Waals surface area (Å²) in [5.74, 6) is 1.31. The van der Waals surface area contributed by atoms with Crippen molar-refractivity contribution >= 4 is 0 Å². The van der Waals surface area contributed by atoms with Gasteiger partial charge in [0.25, 0.3) is 0 Å². The molecule has 0 saturated carbocycles. The highest BCUT2D eigenvalue weighted by Crippen LogP contribution is 2.28. The summed E-state index contributed by atoms with van der Waals surface area (Å²) < 4.78 is 5.22. The van der Waals surface area contributed by atoms with Gasteiger partial charge in [-0.2, -0.15) is 0 Å². The molecule has 0 fully saturated rings. The van der Waals surface area contributed by atoms with E-state index in [2.05, 4.69) is 13.8 Å². The van der Waals surface area contributed by atoms with Gasteiger partial charge >= 0.3 is 0 Å². The Labute approximate surface area is 104 Å². The highest BCUT2D eigenvalue weighted by molar-refractivity contribution is 5.37. The van der Waals surface area contributed by atoms with E-state index in [9.17, 15) is 5.11 Å². The summed E-state index contributed by atoms with van der Waals surface area (Å²) in [5.41, 5.74) is 8.33. The lowest BCUT2D eigenvalue weighted by Crippen LogP contribution is -2.28. The molecule has 96 valence electrons. The molecule has 0 spiro atoms. The van der Waals surface area contributed by atoms with Gasteiger partial charge in [-0.15, -0.1) is 0 Å². The fourth-order valence-corrected chi connectivity index (χ4v) is 2.10. The first-order valence-electron chi connectivity index (χ1n) is 6.02. The number of nitrogens with two attached hydrogens (primary N) is 1. The standard InChI is InChI=1S/C14H23NO2/c1-9(2)12(8-16)14(15)11-5-6-13(17-4)10(3)7-11/h5-7,9,12,14,16H,8,15H2,1-4H3. The van der Waals surface area contributed by atoms with E-state index < -0.39 is 0 Å². The minimum atomic E-state index is -0.135. The van der Waals surface area contributed by atoms with Gasteiger partial charge in [-0.05, 0) is 30.0 Å². The third-order valence-corrected chi connectivity index (χ3v) is 3.33. The van der Waals surface area contributed by atoms with Crippen LogP contribution in [0.25, 0.3) is 0 Å². The lowest BCUT2D eigenvalue weighted by Gasteiger charge is -2.26. The molecule has 0 heterocycles. The van der Waals surface area contributed by atoms with Crippen LogP contribution >= 0.6 is 0 Å². The van der Waals surface area contributed by atoms with Crippen LogP contribution in [-0.2, 0) is 0 Å². The molecule has 0 aliphatic heterocycles. The number of aliphatic hydroxyl groups excluding tert-OH is 1. The van der Waals surface area contributed by atoms with Gasteiger partial charge in [-0.25, -0.2) is 0 Å². The van der Waals surface area contributed by atoms with Gasteiger partial charge in [0.2, 0.25) is 0 Å². The van der Waals surface area contributed by atoms with E-state index in [-0.39, 0.29) is 18.6 Å². The molecule has 3 nitrogen and oxygen atoms in total. The monoisotopic (exact) mass is 237 g/mol. The molecule has 1 rings (SSSR count). The Morgan fingerprint density at radius 2 is 2.00 bits per heavy atom. The molecule has 0 aromatic heterocycles. The van der Waals surface area contributed by atoms with E-state index in [1.165, 1.54) is 0 Å². The van der Waals surface area contributed by atoms with Crippen LogP contribution in [0.3, 0.4) is 0 Å². The van der Waals surface area contributed by atoms with E-state index in [1.54, 1.807) is 7.11 Å². The quantitative estimate of drug-likeness (QED) is 0.826. The molecule has 0 amide bonds. The van der Waals surface area contributed by atoms with E-state index in [0.717, 1.165) is 16.9 Å². The molecule has 3 heteroatoms. The molecule has 1 aromatic carbocycles. The third-order valence-electron chi connectivity index (χ3n) is 3.33. The number of aliphatic hydroxyl groups is 1. The van der Waals surface area contributed by atoms with Crippen LogP contribution < -0.4 is 10.5 Å². The molecule has 2 unspecified atom stereocenters. The lowest BCUT2D eigenvalue weighted by molar-refractivity contribution is 0.166. The number of benzene rings is 1. The maximum absolute atomic E-state index is 9.39. The number of methoxy groups -OCH3 is 1. The Morgan fingerprint density at radius 3 is 2.41 bits per heavy atom. The van der Waals surface area contributed by atoms with Crippen LogP contribution in [0.4, 0.5) is 0 Å². The summed E-state index contributed by atoms with van der Waals surface area (Å²) in [6, 6.07) is 5.81. The number of hydrogen-bond donors (Lipinski definition) is 2. The number of hydrogen-bond acceptors (Lipinski definition) is 3. The average molecular weight is 237 g/mol. The first-order chi connectivity index (χ1) is 8.01. The van der Waals surface area contributed by atoms with Crippen molar-refractivity contribution in [3.8, 4) is 5.75 Å². The average Bonchev–Trinajstić information content (AvgIpc) is 2.29. The summed E-state index contributed by atoms with van der Waals surface area (Å²) in [7, 11) is 1.66. The van der Waals surface area contributed by atoms with Gasteiger partial charge in [-0.3, -0.25) is 0 Å². The smallest absolute Gasteiger partial charge is 0.121 e. The zero-order valence-corrected chi connectivity index (χ0v) is 11.1. The molecule has 17 heavy (non-hydrogen) atoms. The zero-order chi connectivity index (χ0) is 13.0. The summed E-state index contributed by atoms with van der Waals surface area (Å²) in [4.78, 5) is 0. The number of aryl methyl sites for hydroxylation is 1. The van der Waals surface area contributed by atoms with Gasteiger partial charge in [0.1, 0.15) is 5.75 Å². The molecule has 0 bridgehead atoms. The molecule has 0 saturated heterocycles. The first-order valence-corrected chi connectivity index (χ1v) is 6.02. The lowest BCUT2D eigenvalue weighted by atomic mass is 9.85. The van der Waals surface area contributed by atoms with Crippen molar-refractivity contribution in [2.75, 3.05) is 13.7 Å². The molecule has 0 aliphatic carbocycles. The Balaban J connectivity index is 2.95. The van der Waals surface area contributed by atoms with Crippen molar-refractivity contribution in [1.29, 1.82) is 0 Å². The Morgan fingerprint density at radius 1 is 1.35 bits per heavy atom. The predicted molar refractivity (Wildman–Crippen MR) is 70.1 cm³/mol. The van der Waals surface area contributed by atoms with Crippen molar-refractivity contribution in [3.63, 3.8) is 0 Å². The van der Waals surface area contributed by atoms with Crippen LogP contribution in [0, 0.1) is 18.8 Å². The minimum absolute atomic E-state index is 0.0859. The molecule has 0 radical (unpaired) electrons. The topological polar surface area (TPSA) is 55.5 Å². The van der Waals surface area contributed by atoms with Crippen molar-refractivity contribution in [1.82, 2.24) is 0 Å². The second-order valence-electron chi connectivity index (χ2n) is 4.85. The highest BCUT2D eigenvalue weighted by Gasteiger charge is 2.22. The maximum Gasteiger partial charge on any atom is 0.121 e. The second-order valence-corrected chi connectivity index (χ2v) is 4.85. The largest absolute Gasteiger partial charge is 0.496 e. The van der Waals surface area contributed by atoms with Crippen LogP contribution in [0.5, 0.6) is 5.75 Å². The molecular formula is C14H23NO2. The molecule has 3 N–H and O–H groups in total. The van der Waals surface area contributed by atoms with Gasteiger partial charge in [0.05, 0.1) is 7.11 Å². The summed E-state index contributed by atoms with van der Waals surface area (Å²) in [5, 5.41) is 9.39. The van der Waals surface area contributed by atoms with Crippen LogP contribution in [0.2, 0.25) is 0 Å². The molecule has 2 atom stereocenters. The van der Waals surface area contributed by atoms with Crippen LogP contribution in [-0.4, -0.2) is 18.8 Å². The van der Waals surface area contributed by atoms with Crippen molar-refractivity contribution < 1.29 is 9.84 Å². The SMILES string of the molecule is COc1ccc(C(N)C(CO)C(C)C)cc1C. The van der Waals surface area contributed by atoms with Gasteiger partial charge < -0.3 is 15.6 Å². The van der Waals surface area contributed by atoms with Crippen molar-refractivity contribution in [2.24, 2.45) is 17.6 Å². The van der Waals surface area contributed by atoms with Gasteiger partial charge in [0.15, 0.2) is 0 Å². The predicted octanol–water partition coefficient (Wildman–Crippen LogP) is 2.27. The van der Waals surface area contributed by atoms with Crippen LogP contribution in [0.1, 0.15) is 31.0 Å². The first kappa shape index (κ1) is 14.0. The zero-order valence-electron chi connectivity index (χ0n) is 11.1. The third kappa shape index (κ3) is 3.20. The number of ether oxygens (including phenoxy) is 1. The molecular weight excluding hydrogens is 214 g/mol. The van der Waals surface area contributed by atoms with E-state index >= 15 is 0 Å². The molecule has 1 aromatic rings. The Bertz CT molecular complexity index is 363. The second kappa shape index (κ2) is 6.03. The summed E-state index contributed by atoms with van der Waals surface area (Å²) >= 11 is 0. The fourth-order valence-electron chi connectivity index (χ4n) is 2.10. The van der Waals surface area contributed by atoms with Crippen molar-refractivity contribution in [2.45, 2.75) is 26.8 Å². The van der Waals surface area contributed by atoms with Crippen LogP contribution in [0.15, 0.2) is 18.2 Å². The Kier molecular flexibility index (Phi) is 4.97. The van der Waals surface area contributed by atoms with Gasteiger partial charge in [0, 0.05) is 18.6 Å². The summed E-state index contributed by atoms with van der Waals surface area (Å²) in [6.07, 6.45) is 0.